The Kier molecular flexibility index (Phi) is 6.80. The quantitative estimate of drug-likeness (QED) is 0.636. The van der Waals surface area contributed by atoms with Gasteiger partial charge in [0.2, 0.25) is 5.91 Å². The molecule has 6 heteroatoms. The van der Waals surface area contributed by atoms with Crippen molar-refractivity contribution in [2.75, 3.05) is 33.4 Å². The summed E-state index contributed by atoms with van der Waals surface area (Å²) < 4.78 is 10.2. The standard InChI is InChI=1S/C13H24N2O4/c1-10(13(14)17)8-15(6-5-12(16)18-2)9-11-4-3-7-19-11/h10-11H,3-9H2,1-2H3,(H2,14,17). The summed E-state index contributed by atoms with van der Waals surface area (Å²) in [5.41, 5.74) is 5.29. The molecule has 1 amide bonds. The molecule has 0 radical (unpaired) electrons. The maximum atomic E-state index is 11.2. The van der Waals surface area contributed by atoms with Crippen molar-refractivity contribution in [3.63, 3.8) is 0 Å². The molecule has 1 heterocycles. The Morgan fingerprint density at radius 3 is 2.79 bits per heavy atom. The minimum Gasteiger partial charge on any atom is -0.469 e. The molecule has 6 nitrogen and oxygen atoms in total. The van der Waals surface area contributed by atoms with Crippen molar-refractivity contribution >= 4 is 11.9 Å². The highest BCUT2D eigenvalue weighted by Gasteiger charge is 2.22. The van der Waals surface area contributed by atoms with Crippen molar-refractivity contribution < 1.29 is 19.1 Å². The lowest BCUT2D eigenvalue weighted by molar-refractivity contribution is -0.141. The van der Waals surface area contributed by atoms with E-state index in [9.17, 15) is 9.59 Å². The predicted molar refractivity (Wildman–Crippen MR) is 70.4 cm³/mol. The Balaban J connectivity index is 2.45. The SMILES string of the molecule is COC(=O)CCN(CC1CCCO1)CC(C)C(N)=O. The Bertz CT molecular complexity index is 303. The topological polar surface area (TPSA) is 81.9 Å². The molecule has 0 spiro atoms. The average Bonchev–Trinajstić information content (AvgIpc) is 2.88. The summed E-state index contributed by atoms with van der Waals surface area (Å²) in [4.78, 5) is 24.4. The lowest BCUT2D eigenvalue weighted by Gasteiger charge is -2.26. The van der Waals surface area contributed by atoms with Crippen LogP contribution in [-0.2, 0) is 19.1 Å². The van der Waals surface area contributed by atoms with Gasteiger partial charge in [-0.15, -0.1) is 0 Å². The third-order valence-corrected chi connectivity index (χ3v) is 3.36. The van der Waals surface area contributed by atoms with Gasteiger partial charge < -0.3 is 15.2 Å². The second-order valence-electron chi connectivity index (χ2n) is 5.02. The van der Waals surface area contributed by atoms with Gasteiger partial charge in [-0.3, -0.25) is 14.5 Å². The first kappa shape index (κ1) is 15.9. The zero-order chi connectivity index (χ0) is 14.3. The minimum absolute atomic E-state index is 0.192. The van der Waals surface area contributed by atoms with E-state index in [4.69, 9.17) is 10.5 Å². The van der Waals surface area contributed by atoms with Crippen LogP contribution in [0.5, 0.6) is 0 Å². The summed E-state index contributed by atoms with van der Waals surface area (Å²) in [6.07, 6.45) is 2.60. The highest BCUT2D eigenvalue weighted by atomic mass is 16.5. The Morgan fingerprint density at radius 2 is 2.26 bits per heavy atom. The first-order valence-electron chi connectivity index (χ1n) is 6.73. The van der Waals surface area contributed by atoms with Crippen molar-refractivity contribution in [1.29, 1.82) is 0 Å². The van der Waals surface area contributed by atoms with E-state index in [1.54, 1.807) is 6.92 Å². The molecule has 0 aliphatic carbocycles. The van der Waals surface area contributed by atoms with E-state index >= 15 is 0 Å². The minimum atomic E-state index is -0.324. The van der Waals surface area contributed by atoms with Crippen molar-refractivity contribution in [2.24, 2.45) is 11.7 Å². The highest BCUT2D eigenvalue weighted by Crippen LogP contribution is 2.14. The van der Waals surface area contributed by atoms with Crippen LogP contribution in [0.15, 0.2) is 0 Å². The van der Waals surface area contributed by atoms with E-state index < -0.39 is 0 Å². The molecule has 0 bridgehead atoms. The number of ether oxygens (including phenoxy) is 2. The smallest absolute Gasteiger partial charge is 0.306 e. The Labute approximate surface area is 114 Å². The summed E-state index contributed by atoms with van der Waals surface area (Å²) in [6.45, 7) is 4.43. The fourth-order valence-corrected chi connectivity index (χ4v) is 2.16. The van der Waals surface area contributed by atoms with E-state index in [1.165, 1.54) is 7.11 Å². The van der Waals surface area contributed by atoms with Gasteiger partial charge in [-0.2, -0.15) is 0 Å². The highest BCUT2D eigenvalue weighted by molar-refractivity contribution is 5.76. The molecule has 0 saturated carbocycles. The number of esters is 1. The zero-order valence-corrected chi connectivity index (χ0v) is 11.8. The number of methoxy groups -OCH3 is 1. The van der Waals surface area contributed by atoms with Crippen LogP contribution in [0.4, 0.5) is 0 Å². The van der Waals surface area contributed by atoms with Crippen LogP contribution in [-0.4, -0.2) is 56.2 Å². The molecule has 1 saturated heterocycles. The Morgan fingerprint density at radius 1 is 1.53 bits per heavy atom. The molecular weight excluding hydrogens is 248 g/mol. The van der Waals surface area contributed by atoms with E-state index in [0.717, 1.165) is 26.0 Å². The molecule has 19 heavy (non-hydrogen) atoms. The van der Waals surface area contributed by atoms with Gasteiger partial charge in [0.1, 0.15) is 0 Å². The Hall–Kier alpha value is -1.14. The van der Waals surface area contributed by atoms with Crippen molar-refractivity contribution in [3.05, 3.63) is 0 Å². The number of carbonyl (C=O) groups is 2. The first-order valence-corrected chi connectivity index (χ1v) is 6.73. The van der Waals surface area contributed by atoms with Crippen LogP contribution in [0, 0.1) is 5.92 Å². The van der Waals surface area contributed by atoms with Gasteiger partial charge in [0, 0.05) is 32.2 Å². The number of hydrogen-bond acceptors (Lipinski definition) is 5. The maximum Gasteiger partial charge on any atom is 0.306 e. The molecule has 2 N–H and O–H groups in total. The summed E-state index contributed by atoms with van der Waals surface area (Å²) in [5.74, 6) is -0.807. The number of primary amides is 1. The largest absolute Gasteiger partial charge is 0.469 e. The molecule has 110 valence electrons. The van der Waals surface area contributed by atoms with E-state index in [0.29, 0.717) is 19.5 Å². The summed E-state index contributed by atoms with van der Waals surface area (Å²) in [7, 11) is 1.37. The second-order valence-corrected chi connectivity index (χ2v) is 5.02. The normalized spacial score (nSPS) is 20.5. The fourth-order valence-electron chi connectivity index (χ4n) is 2.16. The zero-order valence-electron chi connectivity index (χ0n) is 11.8. The van der Waals surface area contributed by atoms with Crippen molar-refractivity contribution in [1.82, 2.24) is 4.90 Å². The number of amides is 1. The van der Waals surface area contributed by atoms with Gasteiger partial charge in [-0.1, -0.05) is 6.92 Å². The molecule has 1 rings (SSSR count). The average molecular weight is 272 g/mol. The molecule has 1 aliphatic rings. The van der Waals surface area contributed by atoms with Crippen LogP contribution in [0.25, 0.3) is 0 Å². The van der Waals surface area contributed by atoms with Gasteiger partial charge in [-0.25, -0.2) is 0 Å². The third kappa shape index (κ3) is 6.02. The van der Waals surface area contributed by atoms with Crippen molar-refractivity contribution in [2.45, 2.75) is 32.3 Å². The lowest BCUT2D eigenvalue weighted by Crippen LogP contribution is -2.40. The number of nitrogens with zero attached hydrogens (tertiary/aromatic N) is 1. The van der Waals surface area contributed by atoms with Gasteiger partial charge in [0.05, 0.1) is 19.6 Å². The van der Waals surface area contributed by atoms with Crippen molar-refractivity contribution in [3.8, 4) is 0 Å². The number of carbonyl (C=O) groups excluding carboxylic acids is 2. The molecule has 1 aliphatic heterocycles. The van der Waals surface area contributed by atoms with E-state index in [1.807, 2.05) is 0 Å². The predicted octanol–water partition coefficient (Wildman–Crippen LogP) is 0.152. The molecule has 0 aromatic heterocycles. The number of nitrogens with two attached hydrogens (primary N) is 1. The lowest BCUT2D eigenvalue weighted by atomic mass is 10.1. The molecule has 0 aromatic rings. The molecule has 2 atom stereocenters. The summed E-state index contributed by atoms with van der Waals surface area (Å²) >= 11 is 0. The van der Waals surface area contributed by atoms with Crippen LogP contribution in [0.1, 0.15) is 26.2 Å². The van der Waals surface area contributed by atoms with E-state index in [2.05, 4.69) is 9.64 Å². The van der Waals surface area contributed by atoms with Gasteiger partial charge >= 0.3 is 5.97 Å². The van der Waals surface area contributed by atoms with Crippen LogP contribution in [0.3, 0.4) is 0 Å². The summed E-state index contributed by atoms with van der Waals surface area (Å²) in [6, 6.07) is 0. The number of hydrogen-bond donors (Lipinski definition) is 1. The maximum absolute atomic E-state index is 11.2. The summed E-state index contributed by atoms with van der Waals surface area (Å²) in [5, 5.41) is 0. The van der Waals surface area contributed by atoms with Crippen LogP contribution >= 0.6 is 0 Å². The molecule has 1 fully saturated rings. The molecular formula is C13H24N2O4. The number of rotatable bonds is 8. The van der Waals surface area contributed by atoms with Crippen LogP contribution < -0.4 is 5.73 Å². The monoisotopic (exact) mass is 272 g/mol. The third-order valence-electron chi connectivity index (χ3n) is 3.36. The van der Waals surface area contributed by atoms with Crippen LogP contribution in [0.2, 0.25) is 0 Å². The molecule has 0 aromatic carbocycles. The van der Waals surface area contributed by atoms with Gasteiger partial charge in [0.15, 0.2) is 0 Å². The van der Waals surface area contributed by atoms with E-state index in [-0.39, 0.29) is 23.9 Å². The second kappa shape index (κ2) is 8.12. The molecule has 2 unspecified atom stereocenters. The van der Waals surface area contributed by atoms with Gasteiger partial charge in [-0.05, 0) is 12.8 Å². The van der Waals surface area contributed by atoms with Gasteiger partial charge in [0.25, 0.3) is 0 Å². The fraction of sp³-hybridized carbons (Fsp3) is 0.846. The first-order chi connectivity index (χ1) is 9.02.